The Morgan fingerprint density at radius 1 is 1.60 bits per heavy atom. The SMILES string of the molecule is CCCSc1ccc(C(=O)O)c(Br)c1F. The van der Waals surface area contributed by atoms with Crippen molar-refractivity contribution in [1.82, 2.24) is 0 Å². The standard InChI is InChI=1S/C10H10BrFO2S/c1-2-5-15-7-4-3-6(10(13)14)8(11)9(7)12/h3-4H,2,5H2,1H3,(H,13,14). The van der Waals surface area contributed by atoms with Crippen LogP contribution in [0.5, 0.6) is 0 Å². The minimum absolute atomic E-state index is 0.0242. The number of benzene rings is 1. The quantitative estimate of drug-likeness (QED) is 0.858. The van der Waals surface area contributed by atoms with Crippen LogP contribution in [-0.4, -0.2) is 16.8 Å². The van der Waals surface area contributed by atoms with Crippen molar-refractivity contribution in [3.05, 3.63) is 28.0 Å². The Hall–Kier alpha value is -0.550. The van der Waals surface area contributed by atoms with Gasteiger partial charge in [-0.25, -0.2) is 9.18 Å². The molecule has 0 fully saturated rings. The molecule has 0 radical (unpaired) electrons. The van der Waals surface area contributed by atoms with Gasteiger partial charge in [-0.2, -0.15) is 0 Å². The van der Waals surface area contributed by atoms with Gasteiger partial charge in [0.25, 0.3) is 0 Å². The highest BCUT2D eigenvalue weighted by atomic mass is 79.9. The molecule has 0 amide bonds. The molecule has 0 heterocycles. The maximum absolute atomic E-state index is 13.6. The summed E-state index contributed by atoms with van der Waals surface area (Å²) in [6, 6.07) is 2.91. The molecule has 5 heteroatoms. The van der Waals surface area contributed by atoms with E-state index in [2.05, 4.69) is 15.9 Å². The third-order valence-corrected chi connectivity index (χ3v) is 3.75. The van der Waals surface area contributed by atoms with Gasteiger partial charge >= 0.3 is 5.97 Å². The number of carboxylic acids is 1. The van der Waals surface area contributed by atoms with Crippen molar-refractivity contribution in [2.75, 3.05) is 5.75 Å². The number of aromatic carboxylic acids is 1. The van der Waals surface area contributed by atoms with Gasteiger partial charge in [-0.15, -0.1) is 11.8 Å². The lowest BCUT2D eigenvalue weighted by Gasteiger charge is -2.06. The van der Waals surface area contributed by atoms with E-state index in [1.54, 1.807) is 0 Å². The Morgan fingerprint density at radius 3 is 2.80 bits per heavy atom. The molecular formula is C10H10BrFO2S. The third kappa shape index (κ3) is 2.95. The van der Waals surface area contributed by atoms with E-state index in [9.17, 15) is 9.18 Å². The van der Waals surface area contributed by atoms with Crippen molar-refractivity contribution < 1.29 is 14.3 Å². The summed E-state index contributed by atoms with van der Waals surface area (Å²) in [7, 11) is 0. The van der Waals surface area contributed by atoms with E-state index in [0.29, 0.717) is 4.90 Å². The van der Waals surface area contributed by atoms with Crippen LogP contribution in [0.1, 0.15) is 23.7 Å². The summed E-state index contributed by atoms with van der Waals surface area (Å²) < 4.78 is 13.6. The van der Waals surface area contributed by atoms with Gasteiger partial charge in [0.1, 0.15) is 0 Å². The first-order valence-electron chi connectivity index (χ1n) is 4.42. The minimum Gasteiger partial charge on any atom is -0.478 e. The lowest BCUT2D eigenvalue weighted by Crippen LogP contribution is -2.00. The Morgan fingerprint density at radius 2 is 2.27 bits per heavy atom. The smallest absolute Gasteiger partial charge is 0.336 e. The third-order valence-electron chi connectivity index (χ3n) is 1.74. The number of carbonyl (C=O) groups is 1. The van der Waals surface area contributed by atoms with Crippen LogP contribution in [-0.2, 0) is 0 Å². The van der Waals surface area contributed by atoms with Crippen LogP contribution in [0.25, 0.3) is 0 Å². The Bertz CT molecular complexity index is 382. The highest BCUT2D eigenvalue weighted by molar-refractivity contribution is 9.10. The molecule has 15 heavy (non-hydrogen) atoms. The molecule has 82 valence electrons. The number of carboxylic acid groups (broad SMARTS) is 1. The van der Waals surface area contributed by atoms with Gasteiger partial charge in [0, 0.05) is 4.90 Å². The highest BCUT2D eigenvalue weighted by Gasteiger charge is 2.15. The average molecular weight is 293 g/mol. The predicted molar refractivity (Wildman–Crippen MR) is 62.1 cm³/mol. The van der Waals surface area contributed by atoms with Gasteiger partial charge in [0.2, 0.25) is 0 Å². The summed E-state index contributed by atoms with van der Waals surface area (Å²) in [5.41, 5.74) is -0.0478. The van der Waals surface area contributed by atoms with Crippen molar-refractivity contribution in [1.29, 1.82) is 0 Å². The molecule has 1 rings (SSSR count). The Labute approximate surface area is 100 Å². The van der Waals surface area contributed by atoms with E-state index in [0.717, 1.165) is 12.2 Å². The molecule has 1 aromatic rings. The Balaban J connectivity index is 3.04. The minimum atomic E-state index is -1.13. The van der Waals surface area contributed by atoms with E-state index >= 15 is 0 Å². The van der Waals surface area contributed by atoms with Crippen molar-refractivity contribution in [2.24, 2.45) is 0 Å². The van der Waals surface area contributed by atoms with Crippen LogP contribution in [0.2, 0.25) is 0 Å². The largest absolute Gasteiger partial charge is 0.478 e. The van der Waals surface area contributed by atoms with Crippen molar-refractivity contribution in [2.45, 2.75) is 18.2 Å². The molecule has 0 spiro atoms. The Kier molecular flexibility index (Phi) is 4.60. The van der Waals surface area contributed by atoms with Crippen molar-refractivity contribution in [3.63, 3.8) is 0 Å². The van der Waals surface area contributed by atoms with Crippen LogP contribution in [0, 0.1) is 5.82 Å². The predicted octanol–water partition coefficient (Wildman–Crippen LogP) is 3.79. The molecule has 1 aromatic carbocycles. The lowest BCUT2D eigenvalue weighted by atomic mass is 10.2. The summed E-state index contributed by atoms with van der Waals surface area (Å²) in [5, 5.41) is 8.75. The molecule has 0 bridgehead atoms. The first kappa shape index (κ1) is 12.5. The van der Waals surface area contributed by atoms with Gasteiger partial charge in [-0.3, -0.25) is 0 Å². The summed E-state index contributed by atoms with van der Waals surface area (Å²) in [4.78, 5) is 11.2. The fourth-order valence-electron chi connectivity index (χ4n) is 1.02. The van der Waals surface area contributed by atoms with Crippen LogP contribution in [0.15, 0.2) is 21.5 Å². The van der Waals surface area contributed by atoms with Crippen molar-refractivity contribution in [3.8, 4) is 0 Å². The fraction of sp³-hybridized carbons (Fsp3) is 0.300. The maximum atomic E-state index is 13.6. The van der Waals surface area contributed by atoms with E-state index < -0.39 is 11.8 Å². The number of halogens is 2. The first-order chi connectivity index (χ1) is 7.07. The second kappa shape index (κ2) is 5.51. The van der Waals surface area contributed by atoms with Crippen molar-refractivity contribution >= 4 is 33.7 Å². The first-order valence-corrected chi connectivity index (χ1v) is 6.19. The number of rotatable bonds is 4. The average Bonchev–Trinajstić information content (AvgIpc) is 2.20. The topological polar surface area (TPSA) is 37.3 Å². The molecule has 0 aliphatic heterocycles. The van der Waals surface area contributed by atoms with Crippen LogP contribution < -0.4 is 0 Å². The molecule has 0 aromatic heterocycles. The summed E-state index contributed by atoms with van der Waals surface area (Å²) in [6.07, 6.45) is 0.947. The molecule has 0 atom stereocenters. The highest BCUT2D eigenvalue weighted by Crippen LogP contribution is 2.30. The number of thioether (sulfide) groups is 1. The monoisotopic (exact) mass is 292 g/mol. The molecule has 1 N–H and O–H groups in total. The summed E-state index contributed by atoms with van der Waals surface area (Å²) in [5.74, 6) is -0.809. The molecule has 0 saturated heterocycles. The zero-order valence-electron chi connectivity index (χ0n) is 8.09. The van der Waals surface area contributed by atoms with Crippen LogP contribution >= 0.6 is 27.7 Å². The van der Waals surface area contributed by atoms with Gasteiger partial charge in [-0.05, 0) is 40.2 Å². The zero-order valence-corrected chi connectivity index (χ0v) is 10.5. The molecule has 0 aliphatic rings. The molecule has 0 unspecified atom stereocenters. The zero-order chi connectivity index (χ0) is 11.4. The fourth-order valence-corrected chi connectivity index (χ4v) is 2.48. The molecule has 0 saturated carbocycles. The normalized spacial score (nSPS) is 10.3. The second-order valence-electron chi connectivity index (χ2n) is 2.89. The van der Waals surface area contributed by atoms with Crippen LogP contribution in [0.3, 0.4) is 0 Å². The number of hydrogen-bond donors (Lipinski definition) is 1. The summed E-state index contributed by atoms with van der Waals surface area (Å²) in [6.45, 7) is 2.01. The lowest BCUT2D eigenvalue weighted by molar-refractivity contribution is 0.0695. The maximum Gasteiger partial charge on any atom is 0.336 e. The number of hydrogen-bond acceptors (Lipinski definition) is 2. The van der Waals surface area contributed by atoms with Gasteiger partial charge in [-0.1, -0.05) is 6.92 Å². The molecule has 0 aliphatic carbocycles. The molecule has 2 nitrogen and oxygen atoms in total. The van der Waals surface area contributed by atoms with E-state index in [1.807, 2.05) is 6.92 Å². The van der Waals surface area contributed by atoms with Gasteiger partial charge in [0.05, 0.1) is 10.0 Å². The van der Waals surface area contributed by atoms with Crippen LogP contribution in [0.4, 0.5) is 4.39 Å². The van der Waals surface area contributed by atoms with Gasteiger partial charge < -0.3 is 5.11 Å². The van der Waals surface area contributed by atoms with E-state index in [4.69, 9.17) is 5.11 Å². The molecular weight excluding hydrogens is 283 g/mol. The van der Waals surface area contributed by atoms with E-state index in [-0.39, 0.29) is 10.0 Å². The summed E-state index contributed by atoms with van der Waals surface area (Å²) >= 11 is 4.34. The van der Waals surface area contributed by atoms with E-state index in [1.165, 1.54) is 23.9 Å². The van der Waals surface area contributed by atoms with Gasteiger partial charge in [0.15, 0.2) is 5.82 Å². The second-order valence-corrected chi connectivity index (χ2v) is 4.82.